The molecule has 1 amide bonds. The molecule has 75 heavy (non-hydrogen) atoms. The number of amides is 1. The van der Waals surface area contributed by atoms with Gasteiger partial charge in [0.1, 0.15) is 0 Å². The van der Waals surface area contributed by atoms with Crippen LogP contribution in [0, 0.1) is 0 Å². The fourth-order valence-corrected chi connectivity index (χ4v) is 10.5. The third-order valence-corrected chi connectivity index (χ3v) is 15.7. The minimum Gasteiger partial charge on any atom is -0.466 e. The van der Waals surface area contributed by atoms with Gasteiger partial charge in [-0.15, -0.1) is 0 Å². The molecule has 0 bridgehead atoms. The first kappa shape index (κ1) is 73.1. The number of rotatable bonds is 63. The van der Waals surface area contributed by atoms with Gasteiger partial charge in [0.05, 0.1) is 25.4 Å². The Morgan fingerprint density at radius 3 is 1.01 bits per heavy atom. The Morgan fingerprint density at radius 1 is 0.373 bits per heavy atom. The predicted molar refractivity (Wildman–Crippen MR) is 329 cm³/mol. The lowest BCUT2D eigenvalue weighted by molar-refractivity contribution is -0.143. The van der Waals surface area contributed by atoms with Gasteiger partial charge in [-0.1, -0.05) is 326 Å². The zero-order valence-electron chi connectivity index (χ0n) is 50.5. The molecular formula is C69H131NO5. The fourth-order valence-electron chi connectivity index (χ4n) is 10.5. The Labute approximate surface area is 468 Å². The van der Waals surface area contributed by atoms with Gasteiger partial charge in [0.25, 0.3) is 0 Å². The van der Waals surface area contributed by atoms with E-state index in [1.165, 1.54) is 295 Å². The van der Waals surface area contributed by atoms with Gasteiger partial charge < -0.3 is 20.3 Å². The van der Waals surface area contributed by atoms with E-state index in [9.17, 15) is 19.8 Å². The summed E-state index contributed by atoms with van der Waals surface area (Å²) in [4.78, 5) is 24.5. The first-order valence-electron chi connectivity index (χ1n) is 33.8. The third kappa shape index (κ3) is 61.2. The molecule has 0 aliphatic heterocycles. The summed E-state index contributed by atoms with van der Waals surface area (Å²) in [6.07, 6.45) is 82.1. The molecule has 0 fully saturated rings. The van der Waals surface area contributed by atoms with E-state index in [0.717, 1.165) is 44.9 Å². The maximum atomic E-state index is 12.5. The summed E-state index contributed by atoms with van der Waals surface area (Å²) in [5, 5.41) is 23.2. The van der Waals surface area contributed by atoms with E-state index in [2.05, 4.69) is 43.5 Å². The lowest BCUT2D eigenvalue weighted by Crippen LogP contribution is -2.45. The van der Waals surface area contributed by atoms with Crippen molar-refractivity contribution in [2.24, 2.45) is 0 Å². The summed E-state index contributed by atoms with van der Waals surface area (Å²) in [5.41, 5.74) is 0. The van der Waals surface area contributed by atoms with E-state index in [1.54, 1.807) is 6.08 Å². The topological polar surface area (TPSA) is 95.9 Å². The molecule has 442 valence electrons. The Hall–Kier alpha value is -1.92. The minimum absolute atomic E-state index is 0.0126. The van der Waals surface area contributed by atoms with Crippen molar-refractivity contribution in [1.29, 1.82) is 0 Å². The number of allylic oxidation sites excluding steroid dienone is 5. The zero-order chi connectivity index (χ0) is 54.3. The first-order chi connectivity index (χ1) is 37.0. The largest absolute Gasteiger partial charge is 0.466 e. The average Bonchev–Trinajstić information content (AvgIpc) is 3.41. The van der Waals surface area contributed by atoms with Crippen molar-refractivity contribution in [3.05, 3.63) is 36.5 Å². The van der Waals surface area contributed by atoms with Crippen molar-refractivity contribution >= 4 is 11.9 Å². The number of esters is 1. The molecule has 0 rings (SSSR count). The van der Waals surface area contributed by atoms with Crippen LogP contribution in [0.5, 0.6) is 0 Å². The van der Waals surface area contributed by atoms with Crippen LogP contribution in [-0.4, -0.2) is 47.4 Å². The lowest BCUT2D eigenvalue weighted by Gasteiger charge is -2.20. The number of aliphatic hydroxyl groups is 2. The van der Waals surface area contributed by atoms with Crippen molar-refractivity contribution in [1.82, 2.24) is 5.32 Å². The number of hydrogen-bond donors (Lipinski definition) is 3. The number of ether oxygens (including phenoxy) is 1. The molecule has 2 unspecified atom stereocenters. The molecule has 0 aromatic rings. The van der Waals surface area contributed by atoms with E-state index < -0.39 is 12.1 Å². The van der Waals surface area contributed by atoms with Crippen LogP contribution in [-0.2, 0) is 14.3 Å². The van der Waals surface area contributed by atoms with Crippen LogP contribution in [0.1, 0.15) is 367 Å². The van der Waals surface area contributed by atoms with Crippen LogP contribution in [0.4, 0.5) is 0 Å². The Balaban J connectivity index is 3.43. The van der Waals surface area contributed by atoms with Crippen LogP contribution >= 0.6 is 0 Å². The van der Waals surface area contributed by atoms with Gasteiger partial charge >= 0.3 is 5.97 Å². The summed E-state index contributed by atoms with van der Waals surface area (Å²) in [6, 6.07) is -0.629. The average molecular weight is 1050 g/mol. The van der Waals surface area contributed by atoms with Gasteiger partial charge in [-0.25, -0.2) is 0 Å². The Kier molecular flexibility index (Phi) is 63.0. The minimum atomic E-state index is -0.845. The fraction of sp³-hybridized carbons (Fsp3) is 0.884. The van der Waals surface area contributed by atoms with Crippen LogP contribution in [0.2, 0.25) is 0 Å². The van der Waals surface area contributed by atoms with E-state index in [1.807, 2.05) is 6.08 Å². The van der Waals surface area contributed by atoms with Gasteiger partial charge in [-0.3, -0.25) is 9.59 Å². The summed E-state index contributed by atoms with van der Waals surface area (Å²) in [7, 11) is 0. The maximum Gasteiger partial charge on any atom is 0.305 e. The molecule has 2 atom stereocenters. The van der Waals surface area contributed by atoms with E-state index in [-0.39, 0.29) is 18.5 Å². The Bertz CT molecular complexity index is 1210. The summed E-state index contributed by atoms with van der Waals surface area (Å²) < 4.78 is 5.47. The second-order valence-electron chi connectivity index (χ2n) is 23.2. The molecule has 0 saturated heterocycles. The molecule has 0 aromatic heterocycles. The summed E-state index contributed by atoms with van der Waals surface area (Å²) >= 11 is 0. The van der Waals surface area contributed by atoms with Crippen LogP contribution < -0.4 is 5.32 Å². The third-order valence-electron chi connectivity index (χ3n) is 15.7. The molecule has 0 aliphatic rings. The number of aliphatic hydroxyl groups excluding tert-OH is 2. The van der Waals surface area contributed by atoms with Crippen molar-refractivity contribution in [3.8, 4) is 0 Å². The molecule has 6 heteroatoms. The first-order valence-corrected chi connectivity index (χ1v) is 33.8. The SMILES string of the molecule is CCCCCCCCCCCCCCCCC/C=C/C(O)C(CO)NC(=O)CCCCCCCCCCCCCCC/C=C\C/C=C\CCCCCCCCCCCOC(=O)CCCCCCCCCCCCCC. The zero-order valence-corrected chi connectivity index (χ0v) is 50.5. The second-order valence-corrected chi connectivity index (χ2v) is 23.2. The van der Waals surface area contributed by atoms with Crippen molar-refractivity contribution < 1.29 is 24.5 Å². The van der Waals surface area contributed by atoms with Crippen LogP contribution in [0.25, 0.3) is 0 Å². The van der Waals surface area contributed by atoms with E-state index in [4.69, 9.17) is 4.74 Å². The molecule has 0 aromatic carbocycles. The van der Waals surface area contributed by atoms with Gasteiger partial charge in [0, 0.05) is 12.8 Å². The van der Waals surface area contributed by atoms with Gasteiger partial charge in [0.2, 0.25) is 5.91 Å². The lowest BCUT2D eigenvalue weighted by atomic mass is 10.0. The van der Waals surface area contributed by atoms with E-state index in [0.29, 0.717) is 19.4 Å². The highest BCUT2D eigenvalue weighted by Gasteiger charge is 2.18. The monoisotopic (exact) mass is 1050 g/mol. The molecule has 0 aliphatic carbocycles. The number of carbonyl (C=O) groups excluding carboxylic acids is 2. The van der Waals surface area contributed by atoms with Crippen molar-refractivity contribution in [2.75, 3.05) is 13.2 Å². The highest BCUT2D eigenvalue weighted by atomic mass is 16.5. The normalized spacial score (nSPS) is 12.7. The van der Waals surface area contributed by atoms with Gasteiger partial charge in [0.15, 0.2) is 0 Å². The molecule has 0 saturated carbocycles. The number of unbranched alkanes of at least 4 members (excludes halogenated alkanes) is 48. The molecule has 0 radical (unpaired) electrons. The highest BCUT2D eigenvalue weighted by molar-refractivity contribution is 5.76. The molecule has 0 spiro atoms. The number of nitrogens with one attached hydrogen (secondary N) is 1. The number of hydrogen-bond acceptors (Lipinski definition) is 5. The van der Waals surface area contributed by atoms with Gasteiger partial charge in [-0.2, -0.15) is 0 Å². The molecule has 0 heterocycles. The highest BCUT2D eigenvalue weighted by Crippen LogP contribution is 2.18. The predicted octanol–water partition coefficient (Wildman–Crippen LogP) is 21.5. The molecule has 3 N–H and O–H groups in total. The van der Waals surface area contributed by atoms with Crippen molar-refractivity contribution in [3.63, 3.8) is 0 Å². The van der Waals surface area contributed by atoms with Gasteiger partial charge in [-0.05, 0) is 64.2 Å². The smallest absolute Gasteiger partial charge is 0.305 e. The standard InChI is InChI=1S/C69H131NO5/c1-3-5-7-9-11-13-15-17-18-32-35-38-41-45-49-53-57-61-67(72)66(65-71)70-68(73)62-58-54-50-46-42-39-36-33-30-28-26-24-22-20-19-21-23-25-27-29-31-34-37-40-44-48-52-56-60-64-75-69(74)63-59-55-51-47-43-16-14-12-10-8-6-4-2/h19,21,25,27,57,61,66-67,71-72H,3-18,20,22-24,26,28-56,58-60,62-65H2,1-2H3,(H,70,73)/b21-19-,27-25-,61-57+. The number of carbonyl (C=O) groups is 2. The molecular weight excluding hydrogens is 923 g/mol. The maximum absolute atomic E-state index is 12.5. The quantitative estimate of drug-likeness (QED) is 0.0320. The summed E-state index contributed by atoms with van der Waals surface area (Å²) in [6.45, 7) is 4.92. The van der Waals surface area contributed by atoms with Crippen LogP contribution in [0.15, 0.2) is 36.5 Å². The van der Waals surface area contributed by atoms with E-state index >= 15 is 0 Å². The summed E-state index contributed by atoms with van der Waals surface area (Å²) in [5.74, 6) is -0.0540. The Morgan fingerprint density at radius 2 is 0.667 bits per heavy atom. The van der Waals surface area contributed by atoms with Crippen molar-refractivity contribution in [2.45, 2.75) is 379 Å². The second kappa shape index (κ2) is 64.6. The van der Waals surface area contributed by atoms with Crippen LogP contribution in [0.3, 0.4) is 0 Å². The molecule has 6 nitrogen and oxygen atoms in total.